The van der Waals surface area contributed by atoms with E-state index < -0.39 is 5.97 Å². The van der Waals surface area contributed by atoms with E-state index in [0.717, 1.165) is 12.2 Å². The molecular formula is C14H19N5O2. The number of carbonyl (C=O) groups excluding carboxylic acids is 1. The van der Waals surface area contributed by atoms with E-state index in [1.54, 1.807) is 19.2 Å². The summed E-state index contributed by atoms with van der Waals surface area (Å²) in [5.41, 5.74) is 6.38. The van der Waals surface area contributed by atoms with Gasteiger partial charge in [0.25, 0.3) is 0 Å². The minimum absolute atomic E-state index is 0.308. The Kier molecular flexibility index (Phi) is 4.76. The van der Waals surface area contributed by atoms with Crippen molar-refractivity contribution in [2.24, 2.45) is 7.05 Å². The summed E-state index contributed by atoms with van der Waals surface area (Å²) < 4.78 is 6.92. The van der Waals surface area contributed by atoms with Crippen LogP contribution in [0.25, 0.3) is 0 Å². The lowest BCUT2D eigenvalue weighted by Crippen LogP contribution is -2.12. The topological polar surface area (TPSA) is 95.1 Å². The van der Waals surface area contributed by atoms with Gasteiger partial charge in [0.2, 0.25) is 0 Å². The quantitative estimate of drug-likeness (QED) is 0.777. The number of esters is 1. The average molecular weight is 289 g/mol. The van der Waals surface area contributed by atoms with Gasteiger partial charge in [0.15, 0.2) is 0 Å². The minimum Gasteiger partial charge on any atom is -0.462 e. The van der Waals surface area contributed by atoms with Crippen molar-refractivity contribution in [3.63, 3.8) is 0 Å². The van der Waals surface area contributed by atoms with Crippen molar-refractivity contribution in [2.45, 2.75) is 13.3 Å². The zero-order chi connectivity index (χ0) is 15.2. The molecule has 2 aromatic rings. The highest BCUT2D eigenvalue weighted by molar-refractivity contribution is 5.95. The standard InChI is InChI=1S/C14H19N5O2/c1-3-21-14(20)10-8-12(18-9-11(10)15)16-5-4-13-17-6-7-19(13)2/h6-9H,3-5,15H2,1-2H3,(H,16,18). The molecule has 0 amide bonds. The summed E-state index contributed by atoms with van der Waals surface area (Å²) in [6.07, 6.45) is 5.87. The van der Waals surface area contributed by atoms with Crippen LogP contribution in [0.4, 0.5) is 11.5 Å². The number of carbonyl (C=O) groups is 1. The summed E-state index contributed by atoms with van der Waals surface area (Å²) in [4.78, 5) is 20.1. The fraction of sp³-hybridized carbons (Fsp3) is 0.357. The summed E-state index contributed by atoms with van der Waals surface area (Å²) in [5, 5.41) is 3.15. The van der Waals surface area contributed by atoms with Gasteiger partial charge in [-0.25, -0.2) is 14.8 Å². The predicted octanol–water partition coefficient (Wildman–Crippen LogP) is 1.23. The Labute approximate surface area is 123 Å². The van der Waals surface area contributed by atoms with Crippen molar-refractivity contribution in [1.82, 2.24) is 14.5 Å². The smallest absolute Gasteiger partial charge is 0.340 e. The fourth-order valence-electron chi connectivity index (χ4n) is 1.89. The normalized spacial score (nSPS) is 10.4. The SMILES string of the molecule is CCOC(=O)c1cc(NCCc2nccn2C)ncc1N. The van der Waals surface area contributed by atoms with Gasteiger partial charge in [-0.15, -0.1) is 0 Å². The molecule has 0 unspecified atom stereocenters. The summed E-state index contributed by atoms with van der Waals surface area (Å²) >= 11 is 0. The first-order chi connectivity index (χ1) is 10.1. The molecule has 0 aromatic carbocycles. The fourth-order valence-corrected chi connectivity index (χ4v) is 1.89. The van der Waals surface area contributed by atoms with Crippen LogP contribution in [0.15, 0.2) is 24.7 Å². The Morgan fingerprint density at radius 2 is 2.29 bits per heavy atom. The number of pyridine rings is 1. The second kappa shape index (κ2) is 6.74. The number of aromatic nitrogens is 3. The van der Waals surface area contributed by atoms with Crippen LogP contribution in [0.3, 0.4) is 0 Å². The van der Waals surface area contributed by atoms with E-state index in [9.17, 15) is 4.79 Å². The largest absolute Gasteiger partial charge is 0.462 e. The number of nitrogens with zero attached hydrogens (tertiary/aromatic N) is 3. The number of hydrogen-bond donors (Lipinski definition) is 2. The van der Waals surface area contributed by atoms with Crippen LogP contribution in [0.5, 0.6) is 0 Å². The third kappa shape index (κ3) is 3.71. The van der Waals surface area contributed by atoms with Crippen LogP contribution < -0.4 is 11.1 Å². The minimum atomic E-state index is -0.440. The second-order valence-corrected chi connectivity index (χ2v) is 4.51. The lowest BCUT2D eigenvalue weighted by molar-refractivity contribution is 0.0527. The molecule has 0 fully saturated rings. The summed E-state index contributed by atoms with van der Waals surface area (Å²) in [6.45, 7) is 2.72. The molecule has 7 heteroatoms. The Balaban J connectivity index is 1.99. The maximum absolute atomic E-state index is 11.8. The molecule has 2 aromatic heterocycles. The van der Waals surface area contributed by atoms with E-state index >= 15 is 0 Å². The van der Waals surface area contributed by atoms with Crippen LogP contribution >= 0.6 is 0 Å². The van der Waals surface area contributed by atoms with E-state index in [2.05, 4.69) is 15.3 Å². The number of ether oxygens (including phenoxy) is 1. The van der Waals surface area contributed by atoms with Gasteiger partial charge in [0, 0.05) is 32.4 Å². The highest BCUT2D eigenvalue weighted by Crippen LogP contribution is 2.16. The van der Waals surface area contributed by atoms with Crippen LogP contribution in [0, 0.1) is 0 Å². The maximum Gasteiger partial charge on any atom is 0.340 e. The highest BCUT2D eigenvalue weighted by atomic mass is 16.5. The molecule has 0 saturated heterocycles. The van der Waals surface area contributed by atoms with Gasteiger partial charge in [-0.3, -0.25) is 0 Å². The zero-order valence-corrected chi connectivity index (χ0v) is 12.2. The molecule has 7 nitrogen and oxygen atoms in total. The molecule has 0 spiro atoms. The zero-order valence-electron chi connectivity index (χ0n) is 12.2. The predicted molar refractivity (Wildman–Crippen MR) is 80.0 cm³/mol. The van der Waals surface area contributed by atoms with Gasteiger partial charge in [-0.2, -0.15) is 0 Å². The van der Waals surface area contributed by atoms with Gasteiger partial charge in [0.05, 0.1) is 24.1 Å². The number of nitrogen functional groups attached to an aromatic ring is 1. The first-order valence-electron chi connectivity index (χ1n) is 6.74. The van der Waals surface area contributed by atoms with Crippen molar-refractivity contribution in [1.29, 1.82) is 0 Å². The van der Waals surface area contributed by atoms with Crippen molar-refractivity contribution in [2.75, 3.05) is 24.2 Å². The molecule has 21 heavy (non-hydrogen) atoms. The number of nitrogens with two attached hydrogens (primary N) is 1. The Hall–Kier alpha value is -2.57. The Morgan fingerprint density at radius 1 is 1.48 bits per heavy atom. The number of hydrogen-bond acceptors (Lipinski definition) is 6. The number of rotatable bonds is 6. The molecule has 2 rings (SSSR count). The van der Waals surface area contributed by atoms with Crippen molar-refractivity contribution in [3.8, 4) is 0 Å². The van der Waals surface area contributed by atoms with Gasteiger partial charge >= 0.3 is 5.97 Å². The van der Waals surface area contributed by atoms with Crippen LogP contribution in [0.1, 0.15) is 23.1 Å². The van der Waals surface area contributed by atoms with Crippen molar-refractivity contribution < 1.29 is 9.53 Å². The third-order valence-electron chi connectivity index (χ3n) is 3.01. The number of nitrogens with one attached hydrogen (secondary N) is 1. The molecule has 0 aliphatic heterocycles. The van der Waals surface area contributed by atoms with E-state index in [-0.39, 0.29) is 0 Å². The van der Waals surface area contributed by atoms with Crippen LogP contribution in [0.2, 0.25) is 0 Å². The van der Waals surface area contributed by atoms with E-state index in [4.69, 9.17) is 10.5 Å². The van der Waals surface area contributed by atoms with E-state index in [0.29, 0.717) is 30.2 Å². The first-order valence-corrected chi connectivity index (χ1v) is 6.74. The summed E-state index contributed by atoms with van der Waals surface area (Å²) in [6, 6.07) is 1.60. The first kappa shape index (κ1) is 14.8. The Morgan fingerprint density at radius 3 is 2.95 bits per heavy atom. The summed E-state index contributed by atoms with van der Waals surface area (Å²) in [5.74, 6) is 1.12. The number of aryl methyl sites for hydroxylation is 1. The van der Waals surface area contributed by atoms with Gasteiger partial charge in [-0.1, -0.05) is 0 Å². The lowest BCUT2D eigenvalue weighted by atomic mass is 10.2. The van der Waals surface area contributed by atoms with Crippen LogP contribution in [-0.2, 0) is 18.2 Å². The lowest BCUT2D eigenvalue weighted by Gasteiger charge is -2.09. The van der Waals surface area contributed by atoms with Gasteiger partial charge in [-0.05, 0) is 13.0 Å². The molecule has 0 saturated carbocycles. The number of imidazole rings is 1. The molecule has 0 aliphatic carbocycles. The van der Waals surface area contributed by atoms with E-state index in [1.807, 2.05) is 17.8 Å². The molecule has 112 valence electrons. The molecule has 0 radical (unpaired) electrons. The van der Waals surface area contributed by atoms with Crippen LogP contribution in [-0.4, -0.2) is 33.7 Å². The molecule has 0 atom stereocenters. The molecule has 0 bridgehead atoms. The maximum atomic E-state index is 11.8. The van der Waals surface area contributed by atoms with E-state index in [1.165, 1.54) is 6.20 Å². The molecule has 2 heterocycles. The summed E-state index contributed by atoms with van der Waals surface area (Å²) in [7, 11) is 1.95. The third-order valence-corrected chi connectivity index (χ3v) is 3.01. The monoisotopic (exact) mass is 289 g/mol. The average Bonchev–Trinajstić information content (AvgIpc) is 2.86. The highest BCUT2D eigenvalue weighted by Gasteiger charge is 2.12. The molecular weight excluding hydrogens is 270 g/mol. The van der Waals surface area contributed by atoms with Gasteiger partial charge < -0.3 is 20.4 Å². The molecule has 0 aliphatic rings. The second-order valence-electron chi connectivity index (χ2n) is 4.51. The van der Waals surface area contributed by atoms with Crippen molar-refractivity contribution in [3.05, 3.63) is 36.0 Å². The van der Waals surface area contributed by atoms with Crippen molar-refractivity contribution >= 4 is 17.5 Å². The Bertz CT molecular complexity index is 624. The molecule has 3 N–H and O–H groups in total. The van der Waals surface area contributed by atoms with Gasteiger partial charge in [0.1, 0.15) is 11.6 Å². The number of anilines is 2.